The molecule has 0 fully saturated rings. The van der Waals surface area contributed by atoms with Gasteiger partial charge >= 0.3 is 11.9 Å². The Hall–Kier alpha value is -4.22. The van der Waals surface area contributed by atoms with Gasteiger partial charge in [-0.3, -0.25) is 9.59 Å². The van der Waals surface area contributed by atoms with E-state index in [2.05, 4.69) is 160 Å². The van der Waals surface area contributed by atoms with Crippen molar-refractivity contribution in [3.63, 3.8) is 0 Å². The van der Waals surface area contributed by atoms with E-state index in [4.69, 9.17) is 9.47 Å². The molecule has 0 saturated carbocycles. The molecule has 0 amide bonds. The molecule has 0 aromatic heterocycles. The van der Waals surface area contributed by atoms with Crippen molar-refractivity contribution < 1.29 is 24.2 Å². The van der Waals surface area contributed by atoms with Crippen LogP contribution in [0.2, 0.25) is 0 Å². The topological polar surface area (TPSA) is 72.8 Å². The molecule has 5 nitrogen and oxygen atoms in total. The lowest BCUT2D eigenvalue weighted by atomic mass is 10.1. The van der Waals surface area contributed by atoms with E-state index >= 15 is 0 Å². The molecule has 358 valence electrons. The summed E-state index contributed by atoms with van der Waals surface area (Å²) in [6, 6.07) is 0. The van der Waals surface area contributed by atoms with Crippen LogP contribution in [0, 0.1) is 0 Å². The molecule has 0 heterocycles. The van der Waals surface area contributed by atoms with Gasteiger partial charge in [0.05, 0.1) is 6.61 Å². The number of rotatable bonds is 44. The van der Waals surface area contributed by atoms with Gasteiger partial charge in [-0.15, -0.1) is 0 Å². The van der Waals surface area contributed by atoms with Crippen molar-refractivity contribution >= 4 is 11.9 Å². The molecule has 5 heteroatoms. The summed E-state index contributed by atoms with van der Waals surface area (Å²) >= 11 is 0. The van der Waals surface area contributed by atoms with Crippen molar-refractivity contribution in [2.24, 2.45) is 0 Å². The van der Waals surface area contributed by atoms with Crippen LogP contribution in [-0.4, -0.2) is 36.4 Å². The summed E-state index contributed by atoms with van der Waals surface area (Å²) in [5.41, 5.74) is 0. The lowest BCUT2D eigenvalue weighted by molar-refractivity contribution is -0.161. The van der Waals surface area contributed by atoms with Crippen LogP contribution in [-0.2, 0) is 19.1 Å². The van der Waals surface area contributed by atoms with Gasteiger partial charge in [0.25, 0.3) is 0 Å². The van der Waals surface area contributed by atoms with Crippen molar-refractivity contribution in [3.05, 3.63) is 146 Å². The maximum atomic E-state index is 12.2. The molecule has 0 aliphatic carbocycles. The Morgan fingerprint density at radius 3 is 1.02 bits per heavy atom. The standard InChI is InChI=1S/C59H92O5/c1-3-5-7-9-11-13-15-16-17-18-19-20-21-22-23-24-25-26-27-28-29-30-31-32-33-34-35-36-37-38-39-40-41-42-44-46-48-50-52-54-59(62)64-57(55-60)56-63-58(61)53-51-49-47-45-43-14-12-10-8-6-4-2/h5,7,11,13,16-17,19-20,22-23,25-26,28-29,31-32,34-35,37-38,40-41,44,46,57,60H,3-4,6,8-10,12,14-15,18,21,24,27,30,33,36,39,42-43,45,47-56H2,1-2H3/b7-5-,13-11-,17-16-,20-19-,23-22-,26-25-,29-28-,32-31-,35-34-,38-37-,41-40-,46-44-. The molecule has 1 N–H and O–H groups in total. The quantitative estimate of drug-likeness (QED) is 0.0375. The first-order chi connectivity index (χ1) is 31.6. The first kappa shape index (κ1) is 59.8. The van der Waals surface area contributed by atoms with Gasteiger partial charge in [0.15, 0.2) is 6.10 Å². The number of hydrogen-bond acceptors (Lipinski definition) is 5. The predicted molar refractivity (Wildman–Crippen MR) is 278 cm³/mol. The van der Waals surface area contributed by atoms with Crippen molar-refractivity contribution in [1.82, 2.24) is 0 Å². The number of ether oxygens (including phenoxy) is 2. The van der Waals surface area contributed by atoms with E-state index in [0.29, 0.717) is 12.8 Å². The van der Waals surface area contributed by atoms with E-state index in [1.54, 1.807) is 0 Å². The summed E-state index contributed by atoms with van der Waals surface area (Å²) in [4.78, 5) is 24.3. The summed E-state index contributed by atoms with van der Waals surface area (Å²) in [6.45, 7) is 3.96. The molecule has 0 radical (unpaired) electrons. The monoisotopic (exact) mass is 881 g/mol. The number of aliphatic hydroxyl groups excluding tert-OH is 1. The summed E-state index contributed by atoms with van der Waals surface area (Å²) < 4.78 is 10.6. The van der Waals surface area contributed by atoms with Gasteiger partial charge in [0, 0.05) is 12.8 Å². The maximum absolute atomic E-state index is 12.2. The molecule has 1 unspecified atom stereocenters. The number of aliphatic hydroxyl groups is 1. The number of unbranched alkanes of at least 4 members (excludes halogenated alkanes) is 12. The third-order valence-corrected chi connectivity index (χ3v) is 10.1. The van der Waals surface area contributed by atoms with E-state index < -0.39 is 6.10 Å². The highest BCUT2D eigenvalue weighted by Gasteiger charge is 2.16. The van der Waals surface area contributed by atoms with E-state index in [0.717, 1.165) is 116 Å². The Morgan fingerprint density at radius 1 is 0.375 bits per heavy atom. The fourth-order valence-electron chi connectivity index (χ4n) is 6.36. The summed E-state index contributed by atoms with van der Waals surface area (Å²) in [6.07, 6.45) is 80.9. The number of carbonyl (C=O) groups excluding carboxylic acids is 2. The molecule has 0 spiro atoms. The number of esters is 2. The molecule has 0 rings (SSSR count). The summed E-state index contributed by atoms with van der Waals surface area (Å²) in [7, 11) is 0. The van der Waals surface area contributed by atoms with E-state index in [9.17, 15) is 14.7 Å². The third kappa shape index (κ3) is 50.4. The molecule has 1 atom stereocenters. The molecule has 0 aromatic carbocycles. The second-order valence-corrected chi connectivity index (χ2v) is 16.2. The largest absolute Gasteiger partial charge is 0.462 e. The number of carbonyl (C=O) groups is 2. The van der Waals surface area contributed by atoms with Gasteiger partial charge in [-0.2, -0.15) is 0 Å². The average Bonchev–Trinajstić information content (AvgIpc) is 3.30. The van der Waals surface area contributed by atoms with Crippen LogP contribution in [0.5, 0.6) is 0 Å². The average molecular weight is 881 g/mol. The van der Waals surface area contributed by atoms with Crippen LogP contribution < -0.4 is 0 Å². The Morgan fingerprint density at radius 2 is 0.672 bits per heavy atom. The normalized spacial score (nSPS) is 13.5. The van der Waals surface area contributed by atoms with E-state index in [1.807, 2.05) is 0 Å². The molecular formula is C59H92O5. The molecular weight excluding hydrogens is 789 g/mol. The lowest BCUT2D eigenvalue weighted by Crippen LogP contribution is -2.28. The highest BCUT2D eigenvalue weighted by Crippen LogP contribution is 2.13. The van der Waals surface area contributed by atoms with Crippen LogP contribution in [0.4, 0.5) is 0 Å². The van der Waals surface area contributed by atoms with Crippen LogP contribution in [0.1, 0.15) is 194 Å². The number of hydrogen-bond donors (Lipinski definition) is 1. The van der Waals surface area contributed by atoms with Crippen molar-refractivity contribution in [2.75, 3.05) is 13.2 Å². The van der Waals surface area contributed by atoms with Crippen LogP contribution in [0.25, 0.3) is 0 Å². The number of allylic oxidation sites excluding steroid dienone is 24. The SMILES string of the molecule is CC/C=C\C/C=C\C/C=C\C/C=C\C/C=C\C/C=C\C/C=C\C/C=C\C/C=C\C/C=C\C/C=C\C/C=C\CCCCC(=O)OC(CO)COC(=O)CCCCCCCCCCCCC. The van der Waals surface area contributed by atoms with Crippen LogP contribution in [0.3, 0.4) is 0 Å². The zero-order valence-electron chi connectivity index (χ0n) is 40.7. The Kier molecular flexibility index (Phi) is 49.6. The molecule has 0 bridgehead atoms. The van der Waals surface area contributed by atoms with Gasteiger partial charge in [0.1, 0.15) is 6.61 Å². The van der Waals surface area contributed by atoms with Crippen LogP contribution >= 0.6 is 0 Å². The predicted octanol–water partition coefficient (Wildman–Crippen LogP) is 17.1. The molecule has 0 aliphatic rings. The fraction of sp³-hybridized carbons (Fsp3) is 0.559. The smallest absolute Gasteiger partial charge is 0.306 e. The maximum Gasteiger partial charge on any atom is 0.306 e. The molecule has 0 saturated heterocycles. The molecule has 0 aromatic rings. The summed E-state index contributed by atoms with van der Waals surface area (Å²) in [5, 5.41) is 9.57. The minimum absolute atomic E-state index is 0.0905. The fourth-order valence-corrected chi connectivity index (χ4v) is 6.36. The highest BCUT2D eigenvalue weighted by atomic mass is 16.6. The van der Waals surface area contributed by atoms with Crippen molar-refractivity contribution in [1.29, 1.82) is 0 Å². The zero-order valence-corrected chi connectivity index (χ0v) is 40.7. The van der Waals surface area contributed by atoms with Crippen molar-refractivity contribution in [2.45, 2.75) is 200 Å². The van der Waals surface area contributed by atoms with E-state index in [-0.39, 0.29) is 25.2 Å². The Balaban J connectivity index is 3.72. The van der Waals surface area contributed by atoms with Gasteiger partial charge in [-0.1, -0.05) is 224 Å². The van der Waals surface area contributed by atoms with Gasteiger partial charge < -0.3 is 14.6 Å². The second kappa shape index (κ2) is 53.1. The second-order valence-electron chi connectivity index (χ2n) is 16.2. The van der Waals surface area contributed by atoms with Gasteiger partial charge in [-0.05, 0) is 103 Å². The first-order valence-corrected chi connectivity index (χ1v) is 25.4. The Bertz CT molecular complexity index is 1410. The van der Waals surface area contributed by atoms with Gasteiger partial charge in [0.2, 0.25) is 0 Å². The third-order valence-electron chi connectivity index (χ3n) is 10.1. The lowest BCUT2D eigenvalue weighted by Gasteiger charge is -2.15. The highest BCUT2D eigenvalue weighted by molar-refractivity contribution is 5.70. The van der Waals surface area contributed by atoms with Gasteiger partial charge in [-0.25, -0.2) is 0 Å². The van der Waals surface area contributed by atoms with Crippen LogP contribution in [0.15, 0.2) is 146 Å². The minimum Gasteiger partial charge on any atom is -0.462 e. The van der Waals surface area contributed by atoms with E-state index in [1.165, 1.54) is 51.4 Å². The summed E-state index contributed by atoms with van der Waals surface area (Å²) in [5.74, 6) is -0.653. The first-order valence-electron chi connectivity index (χ1n) is 25.4. The zero-order chi connectivity index (χ0) is 46.3. The van der Waals surface area contributed by atoms with Crippen molar-refractivity contribution in [3.8, 4) is 0 Å². The molecule has 64 heavy (non-hydrogen) atoms. The minimum atomic E-state index is -0.802. The Labute approximate surface area is 393 Å². The molecule has 0 aliphatic heterocycles.